The Morgan fingerprint density at radius 2 is 2.14 bits per heavy atom. The van der Waals surface area contributed by atoms with E-state index in [9.17, 15) is 14.0 Å². The molecule has 0 aliphatic heterocycles. The van der Waals surface area contributed by atoms with Gasteiger partial charge in [-0.3, -0.25) is 9.59 Å². The molecule has 22 heavy (non-hydrogen) atoms. The fourth-order valence-corrected chi connectivity index (χ4v) is 3.56. The van der Waals surface area contributed by atoms with Crippen LogP contribution in [0.3, 0.4) is 0 Å². The number of aliphatic carboxylic acids is 1. The van der Waals surface area contributed by atoms with E-state index in [0.717, 1.165) is 6.42 Å². The fourth-order valence-electron chi connectivity index (χ4n) is 3.26. The van der Waals surface area contributed by atoms with Crippen molar-refractivity contribution in [2.45, 2.75) is 43.6 Å². The SMILES string of the molecule is O=C(O)CC1(NC(=O)C2CC2c2c(F)cccc2Cl)CCC1. The van der Waals surface area contributed by atoms with Crippen LogP contribution in [-0.2, 0) is 9.59 Å². The molecule has 0 heterocycles. The van der Waals surface area contributed by atoms with Crippen molar-refractivity contribution in [3.8, 4) is 0 Å². The Labute approximate surface area is 132 Å². The monoisotopic (exact) mass is 325 g/mol. The lowest BCUT2D eigenvalue weighted by Gasteiger charge is -2.41. The highest BCUT2D eigenvalue weighted by Gasteiger charge is 2.49. The Kier molecular flexibility index (Phi) is 3.85. The summed E-state index contributed by atoms with van der Waals surface area (Å²) in [4.78, 5) is 23.3. The highest BCUT2D eigenvalue weighted by molar-refractivity contribution is 6.31. The van der Waals surface area contributed by atoms with Crippen molar-refractivity contribution >= 4 is 23.5 Å². The molecule has 0 spiro atoms. The molecule has 2 atom stereocenters. The van der Waals surface area contributed by atoms with Gasteiger partial charge in [0.2, 0.25) is 5.91 Å². The number of nitrogens with one attached hydrogen (secondary N) is 1. The second-order valence-electron chi connectivity index (χ2n) is 6.28. The van der Waals surface area contributed by atoms with Gasteiger partial charge >= 0.3 is 5.97 Å². The molecule has 4 nitrogen and oxygen atoms in total. The predicted molar refractivity (Wildman–Crippen MR) is 79.2 cm³/mol. The summed E-state index contributed by atoms with van der Waals surface area (Å²) < 4.78 is 13.9. The molecule has 118 valence electrons. The molecule has 0 bridgehead atoms. The number of hydrogen-bond donors (Lipinski definition) is 2. The number of carboxylic acids is 1. The summed E-state index contributed by atoms with van der Waals surface area (Å²) in [6, 6.07) is 4.49. The molecule has 1 aromatic carbocycles. The number of benzene rings is 1. The number of rotatable bonds is 5. The summed E-state index contributed by atoms with van der Waals surface area (Å²) in [5.41, 5.74) is -0.222. The largest absolute Gasteiger partial charge is 0.481 e. The topological polar surface area (TPSA) is 66.4 Å². The normalized spacial score (nSPS) is 25.2. The van der Waals surface area contributed by atoms with Crippen molar-refractivity contribution in [1.82, 2.24) is 5.32 Å². The van der Waals surface area contributed by atoms with Gasteiger partial charge in [0.1, 0.15) is 5.82 Å². The van der Waals surface area contributed by atoms with E-state index < -0.39 is 17.3 Å². The lowest BCUT2D eigenvalue weighted by molar-refractivity contribution is -0.140. The number of carboxylic acid groups (broad SMARTS) is 1. The smallest absolute Gasteiger partial charge is 0.305 e. The third-order valence-electron chi connectivity index (χ3n) is 4.69. The molecule has 2 unspecified atom stereocenters. The molecular weight excluding hydrogens is 309 g/mol. The van der Waals surface area contributed by atoms with Gasteiger partial charge in [-0.2, -0.15) is 0 Å². The minimum absolute atomic E-state index is 0.0589. The van der Waals surface area contributed by atoms with Gasteiger partial charge in [0, 0.05) is 22.4 Å². The zero-order chi connectivity index (χ0) is 15.9. The average Bonchev–Trinajstić information content (AvgIpc) is 3.15. The first-order chi connectivity index (χ1) is 10.4. The molecule has 2 N–H and O–H groups in total. The van der Waals surface area contributed by atoms with Crippen LogP contribution >= 0.6 is 11.6 Å². The standard InChI is InChI=1S/C16H17ClFNO3/c17-11-3-1-4-12(18)14(11)9-7-10(9)15(22)19-16(5-2-6-16)8-13(20)21/h1,3-4,9-10H,2,5-8H2,(H,19,22)(H,20,21). The van der Waals surface area contributed by atoms with Gasteiger partial charge in [0.25, 0.3) is 0 Å². The summed E-state index contributed by atoms with van der Waals surface area (Å²) in [5.74, 6) is -2.03. The van der Waals surface area contributed by atoms with Crippen LogP contribution in [0.25, 0.3) is 0 Å². The van der Waals surface area contributed by atoms with Gasteiger partial charge in [0.05, 0.1) is 12.0 Å². The van der Waals surface area contributed by atoms with E-state index in [1.165, 1.54) is 12.1 Å². The predicted octanol–water partition coefficient (Wildman–Crippen LogP) is 3.10. The molecule has 2 fully saturated rings. The second-order valence-corrected chi connectivity index (χ2v) is 6.68. The van der Waals surface area contributed by atoms with Crippen LogP contribution in [0.2, 0.25) is 5.02 Å². The summed E-state index contributed by atoms with van der Waals surface area (Å²) in [6.07, 6.45) is 2.78. The van der Waals surface area contributed by atoms with Crippen LogP contribution in [0.1, 0.15) is 43.6 Å². The van der Waals surface area contributed by atoms with Gasteiger partial charge in [-0.1, -0.05) is 17.7 Å². The first kappa shape index (κ1) is 15.3. The Bertz CT molecular complexity index is 610. The van der Waals surface area contributed by atoms with E-state index in [2.05, 4.69) is 5.32 Å². The lowest BCUT2D eigenvalue weighted by atomic mass is 9.74. The van der Waals surface area contributed by atoms with Gasteiger partial charge in [-0.25, -0.2) is 4.39 Å². The number of halogens is 2. The third-order valence-corrected chi connectivity index (χ3v) is 5.02. The summed E-state index contributed by atoms with van der Waals surface area (Å²) in [7, 11) is 0. The van der Waals surface area contributed by atoms with Crippen molar-refractivity contribution in [2.24, 2.45) is 5.92 Å². The van der Waals surface area contributed by atoms with Crippen LogP contribution in [0.5, 0.6) is 0 Å². The number of amides is 1. The van der Waals surface area contributed by atoms with Crippen LogP contribution in [0.4, 0.5) is 4.39 Å². The van der Waals surface area contributed by atoms with E-state index in [4.69, 9.17) is 16.7 Å². The number of carbonyl (C=O) groups is 2. The molecule has 2 aliphatic carbocycles. The third kappa shape index (κ3) is 2.82. The molecule has 0 aromatic heterocycles. The molecule has 3 rings (SSSR count). The van der Waals surface area contributed by atoms with E-state index in [1.54, 1.807) is 6.07 Å². The van der Waals surface area contributed by atoms with Gasteiger partial charge in [-0.05, 0) is 37.8 Å². The van der Waals surface area contributed by atoms with Crippen LogP contribution in [0.15, 0.2) is 18.2 Å². The van der Waals surface area contributed by atoms with Crippen LogP contribution < -0.4 is 5.32 Å². The quantitative estimate of drug-likeness (QED) is 0.874. The van der Waals surface area contributed by atoms with Gasteiger partial charge in [0.15, 0.2) is 0 Å². The fraction of sp³-hybridized carbons (Fsp3) is 0.500. The first-order valence-electron chi connectivity index (χ1n) is 7.40. The minimum Gasteiger partial charge on any atom is -0.481 e. The lowest BCUT2D eigenvalue weighted by Crippen LogP contribution is -2.55. The highest BCUT2D eigenvalue weighted by Crippen LogP contribution is 2.51. The number of carbonyl (C=O) groups excluding carboxylic acids is 1. The second kappa shape index (κ2) is 5.54. The van der Waals surface area contributed by atoms with Crippen molar-refractivity contribution in [3.63, 3.8) is 0 Å². The van der Waals surface area contributed by atoms with Crippen molar-refractivity contribution < 1.29 is 19.1 Å². The summed E-state index contributed by atoms with van der Waals surface area (Å²) >= 11 is 6.03. The van der Waals surface area contributed by atoms with Gasteiger partial charge < -0.3 is 10.4 Å². The van der Waals surface area contributed by atoms with E-state index in [-0.39, 0.29) is 24.2 Å². The molecule has 0 radical (unpaired) electrons. The Morgan fingerprint density at radius 3 is 2.68 bits per heavy atom. The molecule has 6 heteroatoms. The zero-order valence-electron chi connectivity index (χ0n) is 11.9. The van der Waals surface area contributed by atoms with Gasteiger partial charge in [-0.15, -0.1) is 0 Å². The van der Waals surface area contributed by atoms with Crippen LogP contribution in [-0.4, -0.2) is 22.5 Å². The molecule has 1 aromatic rings. The molecule has 0 saturated heterocycles. The molecule has 1 amide bonds. The zero-order valence-corrected chi connectivity index (χ0v) is 12.7. The Hall–Kier alpha value is -1.62. The highest BCUT2D eigenvalue weighted by atomic mass is 35.5. The summed E-state index contributed by atoms with van der Waals surface area (Å²) in [5, 5.41) is 12.2. The van der Waals surface area contributed by atoms with Crippen LogP contribution in [0, 0.1) is 11.7 Å². The molecular formula is C16H17ClFNO3. The Morgan fingerprint density at radius 1 is 1.41 bits per heavy atom. The number of hydrogen-bond acceptors (Lipinski definition) is 2. The van der Waals surface area contributed by atoms with Crippen molar-refractivity contribution in [3.05, 3.63) is 34.6 Å². The average molecular weight is 326 g/mol. The van der Waals surface area contributed by atoms with E-state index in [0.29, 0.717) is 29.8 Å². The maximum absolute atomic E-state index is 13.9. The maximum atomic E-state index is 13.9. The van der Waals surface area contributed by atoms with Crippen molar-refractivity contribution in [2.75, 3.05) is 0 Å². The minimum atomic E-state index is -0.913. The van der Waals surface area contributed by atoms with E-state index in [1.807, 2.05) is 0 Å². The molecule has 2 saturated carbocycles. The van der Waals surface area contributed by atoms with Crippen molar-refractivity contribution in [1.29, 1.82) is 0 Å². The molecule has 2 aliphatic rings. The first-order valence-corrected chi connectivity index (χ1v) is 7.77. The van der Waals surface area contributed by atoms with E-state index >= 15 is 0 Å². The maximum Gasteiger partial charge on any atom is 0.305 e. The summed E-state index contributed by atoms with van der Waals surface area (Å²) in [6.45, 7) is 0. The Balaban J connectivity index is 1.67.